The summed E-state index contributed by atoms with van der Waals surface area (Å²) in [6, 6.07) is 14.0. The maximum Gasteiger partial charge on any atom is 0.323 e. The van der Waals surface area contributed by atoms with Gasteiger partial charge in [-0.3, -0.25) is 4.79 Å². The lowest BCUT2D eigenvalue weighted by atomic mass is 10.1. The molecule has 2 aromatic rings. The lowest BCUT2D eigenvalue weighted by molar-refractivity contribution is -0.128. The van der Waals surface area contributed by atoms with E-state index in [4.69, 9.17) is 11.6 Å². The molecule has 2 N–H and O–H groups in total. The molecule has 0 heterocycles. The van der Waals surface area contributed by atoms with Gasteiger partial charge in [-0.2, -0.15) is 0 Å². The van der Waals surface area contributed by atoms with Crippen molar-refractivity contribution in [1.82, 2.24) is 4.90 Å². The Morgan fingerprint density at radius 1 is 0.917 bits per heavy atom. The first-order valence-corrected chi connectivity index (χ1v) is 7.94. The smallest absolute Gasteiger partial charge is 0.323 e. The molecule has 24 heavy (non-hydrogen) atoms. The number of anilines is 2. The number of hydrogen-bond donors (Lipinski definition) is 2. The molecule has 0 saturated heterocycles. The van der Waals surface area contributed by atoms with Gasteiger partial charge in [-0.05, 0) is 48.4 Å². The van der Waals surface area contributed by atoms with Crippen LogP contribution in [0.1, 0.15) is 12.0 Å². The fourth-order valence-electron chi connectivity index (χ4n) is 2.06. The van der Waals surface area contributed by atoms with E-state index >= 15 is 0 Å². The average Bonchev–Trinajstić information content (AvgIpc) is 2.56. The Hall–Kier alpha value is -2.53. The molecule has 0 aromatic heterocycles. The van der Waals surface area contributed by atoms with Crippen LogP contribution in [0.15, 0.2) is 48.5 Å². The van der Waals surface area contributed by atoms with Crippen molar-refractivity contribution in [3.63, 3.8) is 0 Å². The fraction of sp³-hybridized carbons (Fsp3) is 0.222. The van der Waals surface area contributed by atoms with Gasteiger partial charge in [0.15, 0.2) is 0 Å². The second kappa shape index (κ2) is 8.36. The predicted molar refractivity (Wildman–Crippen MR) is 97.6 cm³/mol. The van der Waals surface area contributed by atoms with E-state index in [9.17, 15) is 9.59 Å². The lowest BCUT2D eigenvalue weighted by Gasteiger charge is -2.10. The molecule has 0 radical (unpaired) electrons. The summed E-state index contributed by atoms with van der Waals surface area (Å²) in [6.07, 6.45) is 1.14. The number of hydrogen-bond acceptors (Lipinski definition) is 2. The Morgan fingerprint density at radius 3 is 1.92 bits per heavy atom. The maximum absolute atomic E-state index is 11.9. The molecule has 0 bridgehead atoms. The van der Waals surface area contributed by atoms with Crippen molar-refractivity contribution in [2.45, 2.75) is 12.8 Å². The molecule has 2 aromatic carbocycles. The van der Waals surface area contributed by atoms with Gasteiger partial charge in [0.25, 0.3) is 0 Å². The van der Waals surface area contributed by atoms with E-state index in [0.29, 0.717) is 29.2 Å². The maximum atomic E-state index is 11.9. The van der Waals surface area contributed by atoms with Gasteiger partial charge in [0, 0.05) is 36.9 Å². The summed E-state index contributed by atoms with van der Waals surface area (Å²) in [7, 11) is 3.49. The van der Waals surface area contributed by atoms with Gasteiger partial charge < -0.3 is 15.5 Å². The van der Waals surface area contributed by atoms with Gasteiger partial charge in [-0.1, -0.05) is 23.7 Å². The Balaban J connectivity index is 1.85. The highest BCUT2D eigenvalue weighted by Crippen LogP contribution is 2.15. The highest BCUT2D eigenvalue weighted by atomic mass is 35.5. The zero-order valence-electron chi connectivity index (χ0n) is 13.7. The molecule has 0 spiro atoms. The van der Waals surface area contributed by atoms with E-state index in [-0.39, 0.29) is 11.9 Å². The third-order valence-electron chi connectivity index (χ3n) is 3.44. The number of urea groups is 1. The molecule has 0 aliphatic heterocycles. The molecule has 6 heteroatoms. The zero-order chi connectivity index (χ0) is 17.5. The highest BCUT2D eigenvalue weighted by Gasteiger charge is 2.06. The fourth-order valence-corrected chi connectivity index (χ4v) is 2.18. The van der Waals surface area contributed by atoms with Crippen LogP contribution >= 0.6 is 11.6 Å². The quantitative estimate of drug-likeness (QED) is 0.860. The van der Waals surface area contributed by atoms with Crippen molar-refractivity contribution in [1.29, 1.82) is 0 Å². The predicted octanol–water partition coefficient (Wildman–Crippen LogP) is 4.00. The van der Waals surface area contributed by atoms with E-state index in [1.807, 2.05) is 24.3 Å². The number of carbonyl (C=O) groups is 2. The molecule has 2 rings (SSSR count). The van der Waals surface area contributed by atoms with E-state index in [1.165, 1.54) is 0 Å². The lowest BCUT2D eigenvalue weighted by Crippen LogP contribution is -2.21. The summed E-state index contributed by atoms with van der Waals surface area (Å²) in [5, 5.41) is 6.10. The number of carbonyl (C=O) groups excluding carboxylic acids is 2. The minimum Gasteiger partial charge on any atom is -0.349 e. The standard InChI is InChI=1S/C18H20ClN3O2/c1-22(2)17(23)12-5-13-3-8-15(9-4-13)20-18(24)21-16-10-6-14(19)7-11-16/h3-4,6-11H,5,12H2,1-2H3,(H2,20,21,24). The van der Waals surface area contributed by atoms with Gasteiger partial charge in [0.05, 0.1) is 0 Å². The van der Waals surface area contributed by atoms with Crippen LogP contribution in [-0.4, -0.2) is 30.9 Å². The van der Waals surface area contributed by atoms with Gasteiger partial charge >= 0.3 is 6.03 Å². The zero-order valence-corrected chi connectivity index (χ0v) is 14.4. The number of benzene rings is 2. The molecule has 0 fully saturated rings. The molecule has 126 valence electrons. The van der Waals surface area contributed by atoms with Crippen LogP contribution in [0.5, 0.6) is 0 Å². The van der Waals surface area contributed by atoms with Crippen molar-refractivity contribution in [3.8, 4) is 0 Å². The van der Waals surface area contributed by atoms with Crippen molar-refractivity contribution < 1.29 is 9.59 Å². The SMILES string of the molecule is CN(C)C(=O)CCc1ccc(NC(=O)Nc2ccc(Cl)cc2)cc1. The van der Waals surface area contributed by atoms with Crippen LogP contribution < -0.4 is 10.6 Å². The Morgan fingerprint density at radius 2 is 1.42 bits per heavy atom. The second-order valence-electron chi connectivity index (χ2n) is 5.57. The number of rotatable bonds is 5. The van der Waals surface area contributed by atoms with E-state index in [1.54, 1.807) is 43.3 Å². The largest absolute Gasteiger partial charge is 0.349 e. The molecule has 3 amide bonds. The Bertz CT molecular complexity index is 697. The summed E-state index contributed by atoms with van der Waals surface area (Å²) < 4.78 is 0. The third kappa shape index (κ3) is 5.59. The summed E-state index contributed by atoms with van der Waals surface area (Å²) in [6.45, 7) is 0. The molecule has 0 atom stereocenters. The summed E-state index contributed by atoms with van der Waals surface area (Å²) in [5.74, 6) is 0.0968. The van der Waals surface area contributed by atoms with Crippen LogP contribution in [-0.2, 0) is 11.2 Å². The molecule has 0 aliphatic rings. The van der Waals surface area contributed by atoms with E-state index in [2.05, 4.69) is 10.6 Å². The first-order chi connectivity index (χ1) is 11.4. The minimum atomic E-state index is -0.326. The van der Waals surface area contributed by atoms with Gasteiger partial charge in [0.2, 0.25) is 5.91 Å². The molecule has 5 nitrogen and oxygen atoms in total. The Kier molecular flexibility index (Phi) is 6.21. The number of nitrogens with one attached hydrogen (secondary N) is 2. The number of nitrogens with zero attached hydrogens (tertiary/aromatic N) is 1. The number of amides is 3. The van der Waals surface area contributed by atoms with Crippen LogP contribution in [0, 0.1) is 0 Å². The van der Waals surface area contributed by atoms with Crippen molar-refractivity contribution in [3.05, 3.63) is 59.1 Å². The van der Waals surface area contributed by atoms with Gasteiger partial charge in [-0.25, -0.2) is 4.79 Å². The normalized spacial score (nSPS) is 10.1. The van der Waals surface area contributed by atoms with Crippen molar-refractivity contribution >= 4 is 34.9 Å². The first kappa shape index (κ1) is 17.8. The molecular weight excluding hydrogens is 326 g/mol. The molecular formula is C18H20ClN3O2. The van der Waals surface area contributed by atoms with Crippen LogP contribution in [0.4, 0.5) is 16.2 Å². The monoisotopic (exact) mass is 345 g/mol. The van der Waals surface area contributed by atoms with Crippen LogP contribution in [0.3, 0.4) is 0 Å². The average molecular weight is 346 g/mol. The summed E-state index contributed by atoms with van der Waals surface area (Å²) in [4.78, 5) is 25.1. The minimum absolute atomic E-state index is 0.0968. The summed E-state index contributed by atoms with van der Waals surface area (Å²) in [5.41, 5.74) is 2.40. The van der Waals surface area contributed by atoms with Gasteiger partial charge in [-0.15, -0.1) is 0 Å². The molecule has 0 saturated carbocycles. The number of aryl methyl sites for hydroxylation is 1. The first-order valence-electron chi connectivity index (χ1n) is 7.57. The highest BCUT2D eigenvalue weighted by molar-refractivity contribution is 6.30. The topological polar surface area (TPSA) is 61.4 Å². The summed E-state index contributed by atoms with van der Waals surface area (Å²) >= 11 is 5.80. The van der Waals surface area contributed by atoms with E-state index < -0.39 is 0 Å². The van der Waals surface area contributed by atoms with Gasteiger partial charge in [0.1, 0.15) is 0 Å². The van der Waals surface area contributed by atoms with Crippen LogP contribution in [0.25, 0.3) is 0 Å². The molecule has 0 unspecified atom stereocenters. The van der Waals surface area contributed by atoms with E-state index in [0.717, 1.165) is 5.56 Å². The van der Waals surface area contributed by atoms with Crippen molar-refractivity contribution in [2.24, 2.45) is 0 Å². The second-order valence-corrected chi connectivity index (χ2v) is 6.01. The third-order valence-corrected chi connectivity index (χ3v) is 3.69. The number of halogens is 1. The van der Waals surface area contributed by atoms with Crippen molar-refractivity contribution in [2.75, 3.05) is 24.7 Å². The Labute approximate surface area is 146 Å². The molecule has 0 aliphatic carbocycles. The van der Waals surface area contributed by atoms with Crippen LogP contribution in [0.2, 0.25) is 5.02 Å².